The lowest BCUT2D eigenvalue weighted by Gasteiger charge is -2.11. The van der Waals surface area contributed by atoms with E-state index < -0.39 is 0 Å². The third-order valence-corrected chi connectivity index (χ3v) is 3.05. The summed E-state index contributed by atoms with van der Waals surface area (Å²) in [5.41, 5.74) is 9.25. The Hall–Kier alpha value is -1.38. The maximum absolute atomic E-state index is 5.99. The SMILES string of the molecule is Cc1cc(N)c(Cl)cc1Nc1ccc(Cl)cc1. The fourth-order valence-electron chi connectivity index (χ4n) is 1.53. The molecule has 0 aliphatic carbocycles. The van der Waals surface area contributed by atoms with Crippen LogP contribution in [0.1, 0.15) is 5.56 Å². The molecular formula is C13H12Cl2N2. The van der Waals surface area contributed by atoms with Crippen LogP contribution in [-0.4, -0.2) is 0 Å². The maximum Gasteiger partial charge on any atom is 0.0656 e. The Morgan fingerprint density at radius 1 is 1.06 bits per heavy atom. The minimum absolute atomic E-state index is 0.548. The van der Waals surface area contributed by atoms with Gasteiger partial charge in [-0.1, -0.05) is 23.2 Å². The average Bonchev–Trinajstić information content (AvgIpc) is 2.29. The number of benzene rings is 2. The van der Waals surface area contributed by atoms with Gasteiger partial charge in [0.15, 0.2) is 0 Å². The molecule has 2 aromatic carbocycles. The van der Waals surface area contributed by atoms with Crippen LogP contribution in [-0.2, 0) is 0 Å². The third-order valence-electron chi connectivity index (χ3n) is 2.47. The number of aryl methyl sites for hydroxylation is 1. The van der Waals surface area contributed by atoms with Crippen LogP contribution < -0.4 is 11.1 Å². The van der Waals surface area contributed by atoms with Gasteiger partial charge in [0.2, 0.25) is 0 Å². The molecule has 0 amide bonds. The summed E-state index contributed by atoms with van der Waals surface area (Å²) in [5, 5.41) is 4.53. The minimum atomic E-state index is 0.548. The maximum atomic E-state index is 5.99. The van der Waals surface area contributed by atoms with E-state index in [0.29, 0.717) is 15.7 Å². The molecule has 2 aromatic rings. The molecule has 0 atom stereocenters. The molecule has 0 heterocycles. The van der Waals surface area contributed by atoms with Crippen molar-refractivity contribution in [1.82, 2.24) is 0 Å². The topological polar surface area (TPSA) is 38.0 Å². The number of halogens is 2. The zero-order valence-electron chi connectivity index (χ0n) is 9.30. The summed E-state index contributed by atoms with van der Waals surface area (Å²) in [6.45, 7) is 1.98. The molecule has 0 aliphatic rings. The van der Waals surface area contributed by atoms with Crippen molar-refractivity contribution in [3.8, 4) is 0 Å². The predicted octanol–water partition coefficient (Wildman–Crippen LogP) is 4.63. The summed E-state index contributed by atoms with van der Waals surface area (Å²) < 4.78 is 0. The van der Waals surface area contributed by atoms with E-state index in [0.717, 1.165) is 16.9 Å². The Morgan fingerprint density at radius 2 is 1.71 bits per heavy atom. The number of rotatable bonds is 2. The molecule has 3 N–H and O–H groups in total. The molecule has 0 saturated heterocycles. The van der Waals surface area contributed by atoms with Crippen molar-refractivity contribution in [3.05, 3.63) is 52.0 Å². The monoisotopic (exact) mass is 266 g/mol. The van der Waals surface area contributed by atoms with Gasteiger partial charge in [0.25, 0.3) is 0 Å². The summed E-state index contributed by atoms with van der Waals surface area (Å²) in [4.78, 5) is 0. The highest BCUT2D eigenvalue weighted by Gasteiger charge is 2.03. The van der Waals surface area contributed by atoms with Gasteiger partial charge in [0.1, 0.15) is 0 Å². The van der Waals surface area contributed by atoms with Crippen LogP contribution in [0.15, 0.2) is 36.4 Å². The standard InChI is InChI=1S/C13H12Cl2N2/c1-8-6-12(16)11(15)7-13(8)17-10-4-2-9(14)3-5-10/h2-7,17H,16H2,1H3. The van der Waals surface area contributed by atoms with Crippen LogP contribution in [0, 0.1) is 6.92 Å². The zero-order chi connectivity index (χ0) is 12.4. The lowest BCUT2D eigenvalue weighted by molar-refractivity contribution is 1.43. The summed E-state index contributed by atoms with van der Waals surface area (Å²) in [6, 6.07) is 11.1. The quantitative estimate of drug-likeness (QED) is 0.778. The number of nitrogens with two attached hydrogens (primary N) is 1. The van der Waals surface area contributed by atoms with Crippen molar-refractivity contribution in [2.45, 2.75) is 6.92 Å². The van der Waals surface area contributed by atoms with E-state index in [1.54, 1.807) is 0 Å². The third kappa shape index (κ3) is 2.84. The van der Waals surface area contributed by atoms with Crippen LogP contribution >= 0.6 is 23.2 Å². The Kier molecular flexibility index (Phi) is 3.46. The van der Waals surface area contributed by atoms with E-state index >= 15 is 0 Å². The molecule has 17 heavy (non-hydrogen) atoms. The van der Waals surface area contributed by atoms with E-state index in [1.165, 1.54) is 0 Å². The van der Waals surface area contributed by atoms with E-state index in [2.05, 4.69) is 5.32 Å². The summed E-state index contributed by atoms with van der Waals surface area (Å²) >= 11 is 11.8. The first kappa shape index (κ1) is 12.1. The van der Waals surface area contributed by atoms with E-state index in [-0.39, 0.29) is 0 Å². The summed E-state index contributed by atoms with van der Waals surface area (Å²) in [5.74, 6) is 0. The second-order valence-corrected chi connectivity index (χ2v) is 4.66. The van der Waals surface area contributed by atoms with Crippen LogP contribution in [0.25, 0.3) is 0 Å². The Morgan fingerprint density at radius 3 is 2.35 bits per heavy atom. The molecule has 0 aromatic heterocycles. The molecule has 0 radical (unpaired) electrons. The van der Waals surface area contributed by atoms with Crippen molar-refractivity contribution >= 4 is 40.3 Å². The smallest absolute Gasteiger partial charge is 0.0656 e. The van der Waals surface area contributed by atoms with Crippen molar-refractivity contribution in [2.24, 2.45) is 0 Å². The van der Waals surface area contributed by atoms with Gasteiger partial charge in [-0.2, -0.15) is 0 Å². The van der Waals surface area contributed by atoms with Crippen molar-refractivity contribution in [1.29, 1.82) is 0 Å². The number of hydrogen-bond donors (Lipinski definition) is 2. The number of anilines is 3. The Labute approximate surface area is 110 Å². The zero-order valence-corrected chi connectivity index (χ0v) is 10.8. The second-order valence-electron chi connectivity index (χ2n) is 3.82. The first-order chi connectivity index (χ1) is 8.06. The van der Waals surface area contributed by atoms with Gasteiger partial charge in [-0.25, -0.2) is 0 Å². The van der Waals surface area contributed by atoms with E-state index in [9.17, 15) is 0 Å². The molecule has 0 fully saturated rings. The molecule has 0 unspecified atom stereocenters. The minimum Gasteiger partial charge on any atom is -0.398 e. The van der Waals surface area contributed by atoms with Crippen LogP contribution in [0.4, 0.5) is 17.1 Å². The largest absolute Gasteiger partial charge is 0.398 e. The molecule has 2 nitrogen and oxygen atoms in total. The first-order valence-electron chi connectivity index (χ1n) is 5.14. The first-order valence-corrected chi connectivity index (χ1v) is 5.90. The van der Waals surface area contributed by atoms with Crippen LogP contribution in [0.5, 0.6) is 0 Å². The number of nitrogen functional groups attached to an aromatic ring is 1. The van der Waals surface area contributed by atoms with Gasteiger partial charge < -0.3 is 11.1 Å². The van der Waals surface area contributed by atoms with Gasteiger partial charge in [-0.05, 0) is 48.9 Å². The lowest BCUT2D eigenvalue weighted by atomic mass is 10.1. The van der Waals surface area contributed by atoms with E-state index in [1.807, 2.05) is 43.3 Å². The number of nitrogens with one attached hydrogen (secondary N) is 1. The molecular weight excluding hydrogens is 255 g/mol. The van der Waals surface area contributed by atoms with Gasteiger partial charge in [0.05, 0.1) is 10.7 Å². The Bertz CT molecular complexity index is 536. The number of hydrogen-bond acceptors (Lipinski definition) is 2. The van der Waals surface area contributed by atoms with E-state index in [4.69, 9.17) is 28.9 Å². The fraction of sp³-hybridized carbons (Fsp3) is 0.0769. The predicted molar refractivity (Wildman–Crippen MR) is 75.3 cm³/mol. The van der Waals surface area contributed by atoms with Gasteiger partial charge in [-0.3, -0.25) is 0 Å². The lowest BCUT2D eigenvalue weighted by Crippen LogP contribution is -1.95. The molecule has 0 aliphatic heterocycles. The molecule has 0 bridgehead atoms. The van der Waals surface area contributed by atoms with Crippen LogP contribution in [0.2, 0.25) is 10.0 Å². The highest BCUT2D eigenvalue weighted by atomic mass is 35.5. The normalized spacial score (nSPS) is 10.3. The fourth-order valence-corrected chi connectivity index (χ4v) is 1.82. The molecule has 0 spiro atoms. The molecule has 0 saturated carbocycles. The summed E-state index contributed by atoms with van der Waals surface area (Å²) in [7, 11) is 0. The van der Waals surface area contributed by atoms with Crippen LogP contribution in [0.3, 0.4) is 0 Å². The van der Waals surface area contributed by atoms with Crippen molar-refractivity contribution in [3.63, 3.8) is 0 Å². The highest BCUT2D eigenvalue weighted by molar-refractivity contribution is 6.33. The summed E-state index contributed by atoms with van der Waals surface area (Å²) in [6.07, 6.45) is 0. The molecule has 88 valence electrons. The van der Waals surface area contributed by atoms with Gasteiger partial charge in [-0.15, -0.1) is 0 Å². The Balaban J connectivity index is 2.30. The highest BCUT2D eigenvalue weighted by Crippen LogP contribution is 2.29. The van der Waals surface area contributed by atoms with Crippen molar-refractivity contribution in [2.75, 3.05) is 11.1 Å². The molecule has 4 heteroatoms. The molecule has 2 rings (SSSR count). The second kappa shape index (κ2) is 4.86. The average molecular weight is 267 g/mol. The van der Waals surface area contributed by atoms with Gasteiger partial charge >= 0.3 is 0 Å². The van der Waals surface area contributed by atoms with Gasteiger partial charge in [0, 0.05) is 16.4 Å². The van der Waals surface area contributed by atoms with Crippen molar-refractivity contribution < 1.29 is 0 Å².